The molecule has 1 amide bonds. The monoisotopic (exact) mass is 402 g/mol. The molecule has 6 nitrogen and oxygen atoms in total. The van der Waals surface area contributed by atoms with Gasteiger partial charge in [0.1, 0.15) is 12.4 Å². The topological polar surface area (TPSA) is 69.0 Å². The fourth-order valence-corrected chi connectivity index (χ4v) is 4.41. The second-order valence-electron chi connectivity index (χ2n) is 7.69. The number of nitrogens with zero attached hydrogens (tertiary/aromatic N) is 3. The molecule has 1 aliphatic rings. The molecule has 7 heteroatoms. The summed E-state index contributed by atoms with van der Waals surface area (Å²) in [5, 5.41) is 12.4. The van der Waals surface area contributed by atoms with Gasteiger partial charge in [0.25, 0.3) is 0 Å². The van der Waals surface area contributed by atoms with Gasteiger partial charge in [0.05, 0.1) is 5.75 Å². The summed E-state index contributed by atoms with van der Waals surface area (Å²) in [5.41, 5.74) is 2.20. The molecule has 1 fully saturated rings. The van der Waals surface area contributed by atoms with Gasteiger partial charge in [-0.15, -0.1) is 10.2 Å². The summed E-state index contributed by atoms with van der Waals surface area (Å²) < 4.78 is 7.87. The smallest absolute Gasteiger partial charge is 0.230 e. The van der Waals surface area contributed by atoms with Crippen LogP contribution in [0.4, 0.5) is 0 Å². The second kappa shape index (κ2) is 9.45. The summed E-state index contributed by atoms with van der Waals surface area (Å²) in [6, 6.07) is 6.40. The zero-order chi connectivity index (χ0) is 20.1. The number of thioether (sulfide) groups is 1. The molecule has 0 spiro atoms. The van der Waals surface area contributed by atoms with Crippen molar-refractivity contribution in [1.29, 1.82) is 0 Å². The van der Waals surface area contributed by atoms with E-state index < -0.39 is 0 Å². The maximum absolute atomic E-state index is 12.3. The van der Waals surface area contributed by atoms with Gasteiger partial charge in [-0.3, -0.25) is 4.79 Å². The number of carbonyl (C=O) groups excluding carboxylic acids is 1. The predicted octanol–water partition coefficient (Wildman–Crippen LogP) is 3.80. The van der Waals surface area contributed by atoms with Gasteiger partial charge in [-0.1, -0.05) is 49.7 Å². The van der Waals surface area contributed by atoms with Gasteiger partial charge in [-0.2, -0.15) is 0 Å². The molecule has 152 valence electrons. The Bertz CT molecular complexity index is 800. The zero-order valence-corrected chi connectivity index (χ0v) is 18.0. The molecule has 1 saturated carbocycles. The largest absolute Gasteiger partial charge is 0.485 e. The van der Waals surface area contributed by atoms with Crippen LogP contribution in [-0.4, -0.2) is 32.5 Å². The highest BCUT2D eigenvalue weighted by molar-refractivity contribution is 7.99. The molecule has 0 radical (unpaired) electrons. The molecule has 0 bridgehead atoms. The molecule has 3 rings (SSSR count). The third-order valence-corrected chi connectivity index (χ3v) is 6.49. The highest BCUT2D eigenvalue weighted by atomic mass is 32.2. The Morgan fingerprint density at radius 3 is 2.68 bits per heavy atom. The number of carbonyl (C=O) groups is 1. The van der Waals surface area contributed by atoms with E-state index in [4.69, 9.17) is 4.74 Å². The molecular formula is C21H30N4O2S. The van der Waals surface area contributed by atoms with Crippen LogP contribution in [0.5, 0.6) is 5.75 Å². The fraction of sp³-hybridized carbons (Fsp3) is 0.571. The number of rotatable bonds is 7. The first-order valence-electron chi connectivity index (χ1n) is 9.95. The lowest BCUT2D eigenvalue weighted by molar-refractivity contribution is -0.119. The molecule has 1 heterocycles. The molecule has 2 atom stereocenters. The third-order valence-electron chi connectivity index (χ3n) is 5.47. The summed E-state index contributed by atoms with van der Waals surface area (Å²) in [6.07, 6.45) is 4.76. The van der Waals surface area contributed by atoms with Gasteiger partial charge in [0, 0.05) is 13.1 Å². The van der Waals surface area contributed by atoms with Crippen LogP contribution in [0.1, 0.15) is 49.6 Å². The number of ether oxygens (including phenoxy) is 1. The number of nitrogens with one attached hydrogen (secondary N) is 1. The van der Waals surface area contributed by atoms with E-state index in [0.717, 1.165) is 34.3 Å². The van der Waals surface area contributed by atoms with Crippen LogP contribution < -0.4 is 10.1 Å². The van der Waals surface area contributed by atoms with Crippen molar-refractivity contribution in [2.75, 3.05) is 5.75 Å². The first-order valence-corrected chi connectivity index (χ1v) is 10.9. The minimum Gasteiger partial charge on any atom is -0.485 e. The van der Waals surface area contributed by atoms with Crippen LogP contribution in [0.15, 0.2) is 23.4 Å². The molecule has 1 aromatic heterocycles. The number of para-hydroxylation sites is 1. The SMILES string of the molecule is Cc1cccc(C)c1OCc1nnc(SCC(=O)N[C@H]2CCCC[C@H]2C)n1C. The Kier molecular flexibility index (Phi) is 6.99. The Morgan fingerprint density at radius 2 is 1.96 bits per heavy atom. The number of amides is 1. The first kappa shape index (κ1) is 20.7. The Morgan fingerprint density at radius 1 is 1.25 bits per heavy atom. The highest BCUT2D eigenvalue weighted by Gasteiger charge is 2.23. The van der Waals surface area contributed by atoms with E-state index in [9.17, 15) is 4.79 Å². The van der Waals surface area contributed by atoms with Crippen molar-refractivity contribution in [1.82, 2.24) is 20.1 Å². The van der Waals surface area contributed by atoms with Crippen molar-refractivity contribution < 1.29 is 9.53 Å². The summed E-state index contributed by atoms with van der Waals surface area (Å²) in [5.74, 6) is 2.62. The van der Waals surface area contributed by atoms with Gasteiger partial charge < -0.3 is 14.6 Å². The lowest BCUT2D eigenvalue weighted by Gasteiger charge is -2.29. The number of hydrogen-bond acceptors (Lipinski definition) is 5. The van der Waals surface area contributed by atoms with E-state index in [1.807, 2.05) is 43.7 Å². The lowest BCUT2D eigenvalue weighted by Crippen LogP contribution is -2.41. The molecule has 0 saturated heterocycles. The average Bonchev–Trinajstić information content (AvgIpc) is 3.01. The second-order valence-corrected chi connectivity index (χ2v) is 8.63. The molecule has 0 aliphatic heterocycles. The number of hydrogen-bond donors (Lipinski definition) is 1. The number of benzene rings is 1. The maximum Gasteiger partial charge on any atom is 0.230 e. The Hall–Kier alpha value is -2.02. The van der Waals surface area contributed by atoms with Gasteiger partial charge in [0.2, 0.25) is 5.91 Å². The van der Waals surface area contributed by atoms with Crippen molar-refractivity contribution in [2.24, 2.45) is 13.0 Å². The van der Waals surface area contributed by atoms with E-state index in [0.29, 0.717) is 24.3 Å². The zero-order valence-electron chi connectivity index (χ0n) is 17.2. The van der Waals surface area contributed by atoms with Crippen molar-refractivity contribution in [3.8, 4) is 5.75 Å². The Balaban J connectivity index is 1.52. The van der Waals surface area contributed by atoms with Crippen LogP contribution in [0.3, 0.4) is 0 Å². The molecule has 2 aromatic rings. The minimum absolute atomic E-state index is 0.0695. The van der Waals surface area contributed by atoms with Crippen molar-refractivity contribution in [2.45, 2.75) is 64.3 Å². The molecular weight excluding hydrogens is 372 g/mol. The van der Waals surface area contributed by atoms with Crippen LogP contribution in [0.2, 0.25) is 0 Å². The molecule has 0 unspecified atom stereocenters. The predicted molar refractivity (Wildman–Crippen MR) is 112 cm³/mol. The van der Waals surface area contributed by atoms with E-state index in [1.165, 1.54) is 31.0 Å². The van der Waals surface area contributed by atoms with Crippen LogP contribution in [0.25, 0.3) is 0 Å². The first-order chi connectivity index (χ1) is 13.5. The molecule has 28 heavy (non-hydrogen) atoms. The van der Waals surface area contributed by atoms with E-state index in [1.54, 1.807) is 0 Å². The molecule has 1 N–H and O–H groups in total. The third kappa shape index (κ3) is 5.07. The number of aryl methyl sites for hydroxylation is 2. The van der Waals surface area contributed by atoms with Crippen molar-refractivity contribution in [3.63, 3.8) is 0 Å². The lowest BCUT2D eigenvalue weighted by atomic mass is 9.86. The summed E-state index contributed by atoms with van der Waals surface area (Å²) in [6.45, 7) is 6.64. The van der Waals surface area contributed by atoms with E-state index in [2.05, 4.69) is 22.4 Å². The fourth-order valence-electron chi connectivity index (χ4n) is 3.67. The van der Waals surface area contributed by atoms with Crippen LogP contribution >= 0.6 is 11.8 Å². The minimum atomic E-state index is 0.0695. The maximum atomic E-state index is 12.3. The molecule has 1 aliphatic carbocycles. The van der Waals surface area contributed by atoms with Gasteiger partial charge in [0.15, 0.2) is 11.0 Å². The van der Waals surface area contributed by atoms with E-state index in [-0.39, 0.29) is 5.91 Å². The van der Waals surface area contributed by atoms with Gasteiger partial charge >= 0.3 is 0 Å². The highest BCUT2D eigenvalue weighted by Crippen LogP contribution is 2.25. The summed E-state index contributed by atoms with van der Waals surface area (Å²) in [4.78, 5) is 12.3. The van der Waals surface area contributed by atoms with Crippen LogP contribution in [0, 0.1) is 19.8 Å². The quantitative estimate of drug-likeness (QED) is 0.714. The van der Waals surface area contributed by atoms with E-state index >= 15 is 0 Å². The van der Waals surface area contributed by atoms with Crippen LogP contribution in [-0.2, 0) is 18.4 Å². The van der Waals surface area contributed by atoms with Crippen molar-refractivity contribution >= 4 is 17.7 Å². The van der Waals surface area contributed by atoms with Gasteiger partial charge in [-0.05, 0) is 43.7 Å². The van der Waals surface area contributed by atoms with Crippen molar-refractivity contribution in [3.05, 3.63) is 35.2 Å². The standard InChI is InChI=1S/C21H30N4O2S/c1-14-8-5-6-11-17(14)22-19(26)13-28-21-24-23-18(25(21)4)12-27-20-15(2)9-7-10-16(20)3/h7,9-10,14,17H,5-6,8,11-13H2,1-4H3,(H,22,26)/t14-,17+/m1/s1. The molecule has 1 aromatic carbocycles. The normalized spacial score (nSPS) is 19.4. The number of aromatic nitrogens is 3. The average molecular weight is 403 g/mol. The summed E-state index contributed by atoms with van der Waals surface area (Å²) >= 11 is 1.42. The Labute approximate surface area is 171 Å². The van der Waals surface area contributed by atoms with Gasteiger partial charge in [-0.25, -0.2) is 0 Å². The summed E-state index contributed by atoms with van der Waals surface area (Å²) in [7, 11) is 1.91.